The molecule has 0 atom stereocenters. The maximum absolute atomic E-state index is 12.1. The molecule has 4 heteroatoms. The van der Waals surface area contributed by atoms with Crippen LogP contribution in [0.1, 0.15) is 45.4 Å². The van der Waals surface area contributed by atoms with Crippen molar-refractivity contribution in [3.05, 3.63) is 0 Å². The first-order chi connectivity index (χ1) is 8.18. The molecule has 4 nitrogen and oxygen atoms in total. The third-order valence-electron chi connectivity index (χ3n) is 3.66. The van der Waals surface area contributed by atoms with E-state index >= 15 is 0 Å². The Morgan fingerprint density at radius 3 is 2.18 bits per heavy atom. The fraction of sp³-hybridized carbons (Fsp3) is 0.846. The predicted molar refractivity (Wildman–Crippen MR) is 65.5 cm³/mol. The third kappa shape index (κ3) is 3.45. The fourth-order valence-corrected chi connectivity index (χ4v) is 2.45. The quantitative estimate of drug-likeness (QED) is 0.745. The van der Waals surface area contributed by atoms with Gasteiger partial charge in [0.1, 0.15) is 0 Å². The smallest absolute Gasteiger partial charge is 0.242 e. The number of hydrogen-bond donors (Lipinski definition) is 0. The molecule has 2 amide bonds. The minimum atomic E-state index is 0.0377. The van der Waals surface area contributed by atoms with E-state index in [1.165, 1.54) is 12.8 Å². The number of nitrogens with zero attached hydrogens (tertiary/aromatic N) is 2. The van der Waals surface area contributed by atoms with Crippen LogP contribution in [0.2, 0.25) is 0 Å². The van der Waals surface area contributed by atoms with E-state index in [0.717, 1.165) is 38.8 Å². The van der Waals surface area contributed by atoms with Crippen molar-refractivity contribution in [2.75, 3.05) is 19.6 Å². The van der Waals surface area contributed by atoms with Crippen molar-refractivity contribution in [1.29, 1.82) is 0 Å². The van der Waals surface area contributed by atoms with E-state index in [0.29, 0.717) is 12.6 Å². The summed E-state index contributed by atoms with van der Waals surface area (Å²) in [4.78, 5) is 27.3. The maximum atomic E-state index is 12.1. The molecule has 2 fully saturated rings. The topological polar surface area (TPSA) is 40.6 Å². The number of carbonyl (C=O) groups is 2. The van der Waals surface area contributed by atoms with Gasteiger partial charge in [0.15, 0.2) is 0 Å². The molecular formula is C13H22N2O2. The molecule has 1 heterocycles. The molecule has 0 aromatic rings. The predicted octanol–water partition coefficient (Wildman–Crippen LogP) is 1.40. The van der Waals surface area contributed by atoms with E-state index in [-0.39, 0.29) is 11.8 Å². The third-order valence-corrected chi connectivity index (χ3v) is 3.66. The normalized spacial score (nSPS) is 20.9. The zero-order valence-corrected chi connectivity index (χ0v) is 10.7. The second-order valence-electron chi connectivity index (χ2n) is 5.17. The van der Waals surface area contributed by atoms with E-state index in [9.17, 15) is 9.59 Å². The number of carbonyl (C=O) groups excluding carboxylic acids is 2. The van der Waals surface area contributed by atoms with Crippen molar-refractivity contribution in [2.24, 2.45) is 0 Å². The molecule has 1 saturated carbocycles. The Kier molecular flexibility index (Phi) is 4.02. The van der Waals surface area contributed by atoms with Gasteiger partial charge in [0.2, 0.25) is 11.8 Å². The summed E-state index contributed by atoms with van der Waals surface area (Å²) in [5.41, 5.74) is 0. The van der Waals surface area contributed by atoms with Crippen LogP contribution in [0, 0.1) is 0 Å². The maximum Gasteiger partial charge on any atom is 0.242 e. The van der Waals surface area contributed by atoms with Gasteiger partial charge in [-0.05, 0) is 25.7 Å². The second kappa shape index (κ2) is 5.52. The van der Waals surface area contributed by atoms with Gasteiger partial charge in [0.25, 0.3) is 0 Å². The monoisotopic (exact) mass is 238 g/mol. The second-order valence-corrected chi connectivity index (χ2v) is 5.17. The SMILES string of the molecule is CC(=O)N(CC(=O)N1CCCCCC1)C1CC1. The van der Waals surface area contributed by atoms with Crippen molar-refractivity contribution in [3.8, 4) is 0 Å². The highest BCUT2D eigenvalue weighted by Gasteiger charge is 2.33. The first-order valence-electron chi connectivity index (χ1n) is 6.73. The molecule has 1 saturated heterocycles. The molecule has 0 spiro atoms. The van der Waals surface area contributed by atoms with Crippen molar-refractivity contribution >= 4 is 11.8 Å². The molecule has 2 rings (SSSR count). The molecule has 17 heavy (non-hydrogen) atoms. The first-order valence-corrected chi connectivity index (χ1v) is 6.73. The van der Waals surface area contributed by atoms with Crippen LogP contribution in [-0.4, -0.2) is 47.3 Å². The molecule has 1 aliphatic carbocycles. The van der Waals surface area contributed by atoms with E-state index in [4.69, 9.17) is 0 Å². The van der Waals surface area contributed by atoms with Gasteiger partial charge >= 0.3 is 0 Å². The van der Waals surface area contributed by atoms with Crippen molar-refractivity contribution < 1.29 is 9.59 Å². The summed E-state index contributed by atoms with van der Waals surface area (Å²) in [6.07, 6.45) is 6.79. The van der Waals surface area contributed by atoms with Crippen LogP contribution in [0.4, 0.5) is 0 Å². The Morgan fingerprint density at radius 2 is 1.71 bits per heavy atom. The summed E-state index contributed by atoms with van der Waals surface area (Å²) in [5, 5.41) is 0. The summed E-state index contributed by atoms with van der Waals surface area (Å²) >= 11 is 0. The van der Waals surface area contributed by atoms with Gasteiger partial charge in [-0.25, -0.2) is 0 Å². The van der Waals surface area contributed by atoms with E-state index < -0.39 is 0 Å². The molecular weight excluding hydrogens is 216 g/mol. The highest BCUT2D eigenvalue weighted by molar-refractivity contribution is 5.84. The van der Waals surface area contributed by atoms with Crippen LogP contribution in [0.5, 0.6) is 0 Å². The fourth-order valence-electron chi connectivity index (χ4n) is 2.45. The van der Waals surface area contributed by atoms with Gasteiger partial charge in [-0.2, -0.15) is 0 Å². The highest BCUT2D eigenvalue weighted by atomic mass is 16.2. The molecule has 2 aliphatic rings. The van der Waals surface area contributed by atoms with Crippen LogP contribution in [0.15, 0.2) is 0 Å². The summed E-state index contributed by atoms with van der Waals surface area (Å²) in [7, 11) is 0. The lowest BCUT2D eigenvalue weighted by Crippen LogP contribution is -2.43. The number of likely N-dealkylation sites (tertiary alicyclic amines) is 1. The van der Waals surface area contributed by atoms with E-state index in [2.05, 4.69) is 0 Å². The summed E-state index contributed by atoms with van der Waals surface area (Å²) in [6.45, 7) is 3.60. The van der Waals surface area contributed by atoms with E-state index in [1.807, 2.05) is 4.90 Å². The minimum absolute atomic E-state index is 0.0377. The van der Waals surface area contributed by atoms with Crippen LogP contribution in [0.3, 0.4) is 0 Å². The number of rotatable bonds is 3. The Bertz CT molecular complexity index is 292. The van der Waals surface area contributed by atoms with E-state index in [1.54, 1.807) is 11.8 Å². The van der Waals surface area contributed by atoms with Crippen LogP contribution >= 0.6 is 0 Å². The van der Waals surface area contributed by atoms with Crippen molar-refractivity contribution in [1.82, 2.24) is 9.80 Å². The average molecular weight is 238 g/mol. The highest BCUT2D eigenvalue weighted by Crippen LogP contribution is 2.26. The lowest BCUT2D eigenvalue weighted by Gasteiger charge is -2.25. The molecule has 96 valence electrons. The van der Waals surface area contributed by atoms with Crippen LogP contribution < -0.4 is 0 Å². The van der Waals surface area contributed by atoms with Crippen LogP contribution in [-0.2, 0) is 9.59 Å². The Hall–Kier alpha value is -1.06. The lowest BCUT2D eigenvalue weighted by molar-refractivity contribution is -0.139. The number of hydrogen-bond acceptors (Lipinski definition) is 2. The largest absolute Gasteiger partial charge is 0.341 e. The molecule has 0 aromatic heterocycles. The van der Waals surface area contributed by atoms with Gasteiger partial charge in [-0.3, -0.25) is 9.59 Å². The average Bonchev–Trinajstić information content (AvgIpc) is 3.11. The van der Waals surface area contributed by atoms with Gasteiger partial charge in [0.05, 0.1) is 6.54 Å². The Labute approximate surface area is 103 Å². The first kappa shape index (κ1) is 12.4. The minimum Gasteiger partial charge on any atom is -0.341 e. The standard InChI is InChI=1S/C13H22N2O2/c1-11(16)15(12-6-7-12)10-13(17)14-8-4-2-3-5-9-14/h12H,2-10H2,1H3. The summed E-state index contributed by atoms with van der Waals surface area (Å²) < 4.78 is 0. The molecule has 0 bridgehead atoms. The molecule has 1 aliphatic heterocycles. The zero-order chi connectivity index (χ0) is 12.3. The lowest BCUT2D eigenvalue weighted by atomic mass is 10.2. The molecule has 0 unspecified atom stereocenters. The molecule has 0 aromatic carbocycles. The molecule has 0 N–H and O–H groups in total. The van der Waals surface area contributed by atoms with Gasteiger partial charge in [0, 0.05) is 26.1 Å². The summed E-state index contributed by atoms with van der Waals surface area (Å²) in [5.74, 6) is 0.171. The zero-order valence-electron chi connectivity index (χ0n) is 10.7. The van der Waals surface area contributed by atoms with Crippen LogP contribution in [0.25, 0.3) is 0 Å². The summed E-state index contributed by atoms with van der Waals surface area (Å²) in [6, 6.07) is 0.337. The molecule has 0 radical (unpaired) electrons. The Balaban J connectivity index is 1.87. The van der Waals surface area contributed by atoms with Gasteiger partial charge in [-0.15, -0.1) is 0 Å². The van der Waals surface area contributed by atoms with Gasteiger partial charge < -0.3 is 9.80 Å². The number of amides is 2. The van der Waals surface area contributed by atoms with Crippen molar-refractivity contribution in [3.63, 3.8) is 0 Å². The van der Waals surface area contributed by atoms with Gasteiger partial charge in [-0.1, -0.05) is 12.8 Å². The Morgan fingerprint density at radius 1 is 1.12 bits per heavy atom. The van der Waals surface area contributed by atoms with Crippen molar-refractivity contribution in [2.45, 2.75) is 51.5 Å².